The number of likely N-dealkylation sites (tertiary alicyclic amines) is 1. The molecule has 1 saturated heterocycles. The van der Waals surface area contributed by atoms with Crippen LogP contribution >= 0.6 is 0 Å². The predicted octanol–water partition coefficient (Wildman–Crippen LogP) is 3.87. The van der Waals surface area contributed by atoms with E-state index in [4.69, 9.17) is 0 Å². The number of nitrogens with one attached hydrogen (secondary N) is 1. The van der Waals surface area contributed by atoms with Crippen LogP contribution in [0.2, 0.25) is 0 Å². The lowest BCUT2D eigenvalue weighted by Crippen LogP contribution is -2.67. The highest BCUT2D eigenvalue weighted by Crippen LogP contribution is 2.64. The Morgan fingerprint density at radius 2 is 1.94 bits per heavy atom. The number of carbonyl (C=O) groups excluding carboxylic acids is 1. The molecule has 1 spiro atoms. The van der Waals surface area contributed by atoms with Crippen LogP contribution in [0.3, 0.4) is 0 Å². The molecule has 2 unspecified atom stereocenters. The highest BCUT2D eigenvalue weighted by molar-refractivity contribution is 5.92. The van der Waals surface area contributed by atoms with Gasteiger partial charge >= 0.3 is 6.18 Å². The average Bonchev–Trinajstić information content (AvgIpc) is 2.89. The predicted molar refractivity (Wildman–Crippen MR) is 119 cm³/mol. The molecule has 4 atom stereocenters. The van der Waals surface area contributed by atoms with E-state index < -0.39 is 11.7 Å². The van der Waals surface area contributed by atoms with Crippen molar-refractivity contribution >= 4 is 11.6 Å². The maximum atomic E-state index is 12.8. The van der Waals surface area contributed by atoms with Gasteiger partial charge in [0.25, 0.3) is 0 Å². The van der Waals surface area contributed by atoms with Crippen molar-refractivity contribution < 1.29 is 23.1 Å². The highest BCUT2D eigenvalue weighted by atomic mass is 19.4. The Kier molecular flexibility index (Phi) is 4.85. The SMILES string of the molecule is CN1CC23Cc4ccc(O)cc4[C@@](C)(C2)[C@@H](N(C)CC(=O)Nc2ccc(C(F)(F)F)cc2)C13. The molecule has 5 nitrogen and oxygen atoms in total. The molecule has 2 aliphatic carbocycles. The van der Waals surface area contributed by atoms with Crippen LogP contribution < -0.4 is 5.32 Å². The topological polar surface area (TPSA) is 55.8 Å². The molecule has 0 radical (unpaired) electrons. The van der Waals surface area contributed by atoms with Crippen molar-refractivity contribution in [3.63, 3.8) is 0 Å². The summed E-state index contributed by atoms with van der Waals surface area (Å²) < 4.78 is 38.4. The Morgan fingerprint density at radius 1 is 1.24 bits per heavy atom. The molecule has 2 bridgehead atoms. The molecule has 1 heterocycles. The van der Waals surface area contributed by atoms with Gasteiger partial charge in [-0.1, -0.05) is 13.0 Å². The van der Waals surface area contributed by atoms with E-state index in [1.54, 1.807) is 6.07 Å². The van der Waals surface area contributed by atoms with E-state index in [0.717, 1.165) is 37.1 Å². The van der Waals surface area contributed by atoms with Gasteiger partial charge in [-0.15, -0.1) is 0 Å². The highest BCUT2D eigenvalue weighted by Gasteiger charge is 2.69. The number of rotatable bonds is 4. The van der Waals surface area contributed by atoms with E-state index in [1.165, 1.54) is 17.7 Å². The fraction of sp³-hybridized carbons (Fsp3) is 0.480. The summed E-state index contributed by atoms with van der Waals surface area (Å²) in [7, 11) is 4.05. The van der Waals surface area contributed by atoms with Crippen molar-refractivity contribution in [2.24, 2.45) is 5.41 Å². The van der Waals surface area contributed by atoms with Gasteiger partial charge in [-0.3, -0.25) is 9.69 Å². The van der Waals surface area contributed by atoms with Gasteiger partial charge in [0.05, 0.1) is 12.1 Å². The number of likely N-dealkylation sites (N-methyl/N-ethyl adjacent to an activating group) is 2. The number of alkyl halides is 3. The molecule has 5 rings (SSSR count). The summed E-state index contributed by atoms with van der Waals surface area (Å²) in [4.78, 5) is 17.2. The smallest absolute Gasteiger partial charge is 0.416 e. The Morgan fingerprint density at radius 3 is 2.58 bits per heavy atom. The number of hydrogen-bond acceptors (Lipinski definition) is 4. The van der Waals surface area contributed by atoms with Crippen molar-refractivity contribution in [1.29, 1.82) is 0 Å². The summed E-state index contributed by atoms with van der Waals surface area (Å²) in [5.41, 5.74) is 1.96. The van der Waals surface area contributed by atoms with Crippen molar-refractivity contribution in [2.45, 2.75) is 43.4 Å². The van der Waals surface area contributed by atoms with Crippen LogP contribution in [0.4, 0.5) is 18.9 Å². The molecule has 1 aliphatic heterocycles. The Hall–Kier alpha value is -2.58. The number of carbonyl (C=O) groups is 1. The molecule has 8 heteroatoms. The number of fused-ring (bicyclic) bond motifs is 3. The lowest BCUT2D eigenvalue weighted by atomic mass is 9.63. The van der Waals surface area contributed by atoms with Gasteiger partial charge in [0.1, 0.15) is 5.75 Å². The molecule has 2 aromatic carbocycles. The van der Waals surface area contributed by atoms with Crippen molar-refractivity contribution in [1.82, 2.24) is 9.80 Å². The molecule has 0 aromatic heterocycles. The maximum absolute atomic E-state index is 12.8. The first-order valence-corrected chi connectivity index (χ1v) is 11.1. The summed E-state index contributed by atoms with van der Waals surface area (Å²) in [5.74, 6) is -0.0190. The minimum Gasteiger partial charge on any atom is -0.508 e. The van der Waals surface area contributed by atoms with E-state index in [0.29, 0.717) is 11.7 Å². The van der Waals surface area contributed by atoms with Gasteiger partial charge in [-0.05, 0) is 74.5 Å². The molecule has 1 saturated carbocycles. The molecule has 1 amide bonds. The average molecular weight is 460 g/mol. The minimum absolute atomic E-state index is 0.0673. The Labute approximate surface area is 191 Å². The lowest BCUT2D eigenvalue weighted by molar-refractivity contribution is -0.137. The second kappa shape index (κ2) is 7.21. The third-order valence-corrected chi connectivity index (χ3v) is 7.95. The summed E-state index contributed by atoms with van der Waals surface area (Å²) in [6.07, 6.45) is -2.44. The number of phenols is 1. The van der Waals surface area contributed by atoms with Gasteiger partial charge < -0.3 is 15.3 Å². The number of halogens is 3. The summed E-state index contributed by atoms with van der Waals surface area (Å²) >= 11 is 0. The zero-order chi connectivity index (χ0) is 23.8. The van der Waals surface area contributed by atoms with Crippen LogP contribution in [-0.2, 0) is 22.8 Å². The lowest BCUT2D eigenvalue weighted by Gasteiger charge is -2.55. The van der Waals surface area contributed by atoms with Crippen LogP contribution in [-0.4, -0.2) is 60.1 Å². The Bertz CT molecular complexity index is 1100. The quantitative estimate of drug-likeness (QED) is 0.729. The second-order valence-corrected chi connectivity index (χ2v) is 10.3. The van der Waals surface area contributed by atoms with E-state index in [1.807, 2.05) is 19.2 Å². The number of hydrogen-bond donors (Lipinski definition) is 2. The summed E-state index contributed by atoms with van der Waals surface area (Å²) in [5, 5.41) is 12.9. The fourth-order valence-corrected chi connectivity index (χ4v) is 7.07. The van der Waals surface area contributed by atoms with E-state index >= 15 is 0 Å². The third-order valence-electron chi connectivity index (χ3n) is 7.95. The van der Waals surface area contributed by atoms with Crippen molar-refractivity contribution in [2.75, 3.05) is 32.5 Å². The number of anilines is 1. The van der Waals surface area contributed by atoms with Gasteiger partial charge in [-0.2, -0.15) is 13.2 Å². The van der Waals surface area contributed by atoms with E-state index in [9.17, 15) is 23.1 Å². The zero-order valence-electron chi connectivity index (χ0n) is 18.9. The molecule has 3 aliphatic rings. The number of aromatic hydroxyl groups is 1. The fourth-order valence-electron chi connectivity index (χ4n) is 7.07. The van der Waals surface area contributed by atoms with Gasteiger partial charge in [-0.25, -0.2) is 0 Å². The van der Waals surface area contributed by atoms with Gasteiger partial charge in [0.15, 0.2) is 0 Å². The largest absolute Gasteiger partial charge is 0.508 e. The first-order chi connectivity index (χ1) is 15.4. The first kappa shape index (κ1) is 22.2. The molecule has 33 heavy (non-hydrogen) atoms. The Balaban J connectivity index is 1.37. The first-order valence-electron chi connectivity index (χ1n) is 11.1. The van der Waals surface area contributed by atoms with E-state index in [-0.39, 0.29) is 35.1 Å². The minimum atomic E-state index is -4.41. The van der Waals surface area contributed by atoms with Crippen LogP contribution in [0, 0.1) is 5.41 Å². The monoisotopic (exact) mass is 459 g/mol. The number of nitrogens with zero attached hydrogens (tertiary/aromatic N) is 2. The normalized spacial score (nSPS) is 30.5. The van der Waals surface area contributed by atoms with Gasteiger partial charge in [0, 0.05) is 35.1 Å². The van der Waals surface area contributed by atoms with E-state index in [2.05, 4.69) is 29.1 Å². The van der Waals surface area contributed by atoms with Crippen LogP contribution in [0.5, 0.6) is 5.75 Å². The van der Waals surface area contributed by atoms with Crippen LogP contribution in [0.1, 0.15) is 30.0 Å². The van der Waals surface area contributed by atoms with Crippen LogP contribution in [0.25, 0.3) is 0 Å². The molecule has 2 fully saturated rings. The molecule has 2 aromatic rings. The maximum Gasteiger partial charge on any atom is 0.416 e. The molecular weight excluding hydrogens is 431 g/mol. The van der Waals surface area contributed by atoms with Crippen LogP contribution in [0.15, 0.2) is 42.5 Å². The van der Waals surface area contributed by atoms with Crippen molar-refractivity contribution in [3.05, 3.63) is 59.2 Å². The number of amides is 1. The van der Waals surface area contributed by atoms with Crippen molar-refractivity contribution in [3.8, 4) is 5.75 Å². The number of benzene rings is 2. The summed E-state index contributed by atoms with van der Waals surface area (Å²) in [6, 6.07) is 10.5. The van der Waals surface area contributed by atoms with Gasteiger partial charge in [0.2, 0.25) is 5.91 Å². The summed E-state index contributed by atoms with van der Waals surface area (Å²) in [6.45, 7) is 3.36. The standard InChI is InChI=1S/C25H28F3N3O2/c1-23-13-24(11-15-4-9-18(32)10-19(15)23)14-31(3)22(24)21(23)30(2)12-20(33)29-17-7-5-16(6-8-17)25(26,27)28/h4-10,21-22,32H,11-14H2,1-3H3,(H,29,33)/t21-,22?,23+,24?/m0/s1. The zero-order valence-corrected chi connectivity index (χ0v) is 18.9. The molecule has 176 valence electrons. The number of phenolic OH excluding ortho intramolecular Hbond substituents is 1. The second-order valence-electron chi connectivity index (χ2n) is 10.3. The molecular formula is C25H28F3N3O2. The molecule has 2 N–H and O–H groups in total. The third kappa shape index (κ3) is 3.42.